The highest BCUT2D eigenvalue weighted by atomic mass is 127. The van der Waals surface area contributed by atoms with Gasteiger partial charge < -0.3 is 10.6 Å². The smallest absolute Gasteiger partial charge is 0.236 e. The van der Waals surface area contributed by atoms with E-state index in [1.807, 2.05) is 56.8 Å². The number of aliphatic imine (C=N–C) groups is 1. The minimum Gasteiger partial charge on any atom is -0.357 e. The quantitative estimate of drug-likeness (QED) is 0.316. The average Bonchev–Trinajstić information content (AvgIpc) is 3.22. The Balaban J connectivity index is 0.00000320. The molecular weight excluding hydrogens is 515 g/mol. The van der Waals surface area contributed by atoms with Crippen LogP contribution in [0.3, 0.4) is 0 Å². The Morgan fingerprint density at radius 3 is 2.63 bits per heavy atom. The molecule has 0 bridgehead atoms. The molecule has 10 heteroatoms. The maximum absolute atomic E-state index is 12.8. The largest absolute Gasteiger partial charge is 0.357 e. The fourth-order valence-electron chi connectivity index (χ4n) is 3.55. The van der Waals surface area contributed by atoms with Crippen molar-refractivity contribution >= 4 is 45.6 Å². The van der Waals surface area contributed by atoms with Crippen LogP contribution in [-0.2, 0) is 30.0 Å². The monoisotopic (exact) mass is 546 g/mol. The number of para-hydroxylation sites is 1. The lowest BCUT2D eigenvalue weighted by molar-refractivity contribution is 0.591. The number of rotatable bonds is 7. The third-order valence-corrected chi connectivity index (χ3v) is 7.00. The molecule has 0 saturated heterocycles. The molecule has 0 aliphatic carbocycles. The second-order valence-electron chi connectivity index (χ2n) is 7.16. The standard InChI is InChI=1S/C20H30N6O2S.HI/c1-5-21-20(23-14-18-15(2)24-25(4)16(18)3)22-11-13-29(27,28)26-12-10-17-8-6-7-9-19(17)26;/h6-9H,5,10-14H2,1-4H3,(H2,21,22,23);1H. The zero-order valence-corrected chi connectivity index (χ0v) is 21.1. The van der Waals surface area contributed by atoms with Crippen LogP contribution in [0.1, 0.15) is 29.4 Å². The highest BCUT2D eigenvalue weighted by Gasteiger charge is 2.28. The van der Waals surface area contributed by atoms with E-state index < -0.39 is 10.0 Å². The molecule has 0 amide bonds. The number of anilines is 1. The molecule has 1 aromatic carbocycles. The number of guanidine groups is 1. The van der Waals surface area contributed by atoms with Crippen molar-refractivity contribution in [1.82, 2.24) is 20.4 Å². The molecule has 1 aliphatic rings. The summed E-state index contributed by atoms with van der Waals surface area (Å²) < 4.78 is 29.0. The van der Waals surface area contributed by atoms with Gasteiger partial charge in [0.05, 0.1) is 23.7 Å². The third kappa shape index (κ3) is 5.45. The van der Waals surface area contributed by atoms with E-state index >= 15 is 0 Å². The van der Waals surface area contributed by atoms with Crippen molar-refractivity contribution < 1.29 is 8.42 Å². The number of nitrogens with one attached hydrogen (secondary N) is 2. The van der Waals surface area contributed by atoms with Crippen LogP contribution in [0.25, 0.3) is 0 Å². The summed E-state index contributed by atoms with van der Waals surface area (Å²) >= 11 is 0. The van der Waals surface area contributed by atoms with Crippen LogP contribution in [0.5, 0.6) is 0 Å². The first-order valence-electron chi connectivity index (χ1n) is 9.93. The van der Waals surface area contributed by atoms with Gasteiger partial charge >= 0.3 is 0 Å². The Morgan fingerprint density at radius 1 is 1.23 bits per heavy atom. The minimum atomic E-state index is -3.39. The van der Waals surface area contributed by atoms with E-state index in [9.17, 15) is 8.42 Å². The van der Waals surface area contributed by atoms with Crippen molar-refractivity contribution in [3.8, 4) is 0 Å². The zero-order valence-electron chi connectivity index (χ0n) is 18.0. The predicted molar refractivity (Wildman–Crippen MR) is 132 cm³/mol. The average molecular weight is 546 g/mol. The summed E-state index contributed by atoms with van der Waals surface area (Å²) in [7, 11) is -1.47. The van der Waals surface area contributed by atoms with Gasteiger partial charge in [-0.25, -0.2) is 13.4 Å². The first-order chi connectivity index (χ1) is 13.8. The van der Waals surface area contributed by atoms with E-state index in [0.29, 0.717) is 25.6 Å². The molecule has 3 rings (SSSR count). The summed E-state index contributed by atoms with van der Waals surface area (Å²) in [6.45, 7) is 7.96. The SMILES string of the molecule is CCNC(=NCc1c(C)nn(C)c1C)NCCS(=O)(=O)N1CCc2ccccc21.I. The molecule has 30 heavy (non-hydrogen) atoms. The van der Waals surface area contributed by atoms with E-state index in [1.54, 1.807) is 0 Å². The van der Waals surface area contributed by atoms with Gasteiger partial charge in [-0.05, 0) is 38.8 Å². The molecule has 166 valence electrons. The number of benzene rings is 1. The lowest BCUT2D eigenvalue weighted by atomic mass is 10.2. The molecule has 2 N–H and O–H groups in total. The lowest BCUT2D eigenvalue weighted by Crippen LogP contribution is -2.42. The highest BCUT2D eigenvalue weighted by molar-refractivity contribution is 14.0. The van der Waals surface area contributed by atoms with Crippen molar-refractivity contribution in [2.75, 3.05) is 29.7 Å². The highest BCUT2D eigenvalue weighted by Crippen LogP contribution is 2.29. The summed E-state index contributed by atoms with van der Waals surface area (Å²) in [4.78, 5) is 4.60. The van der Waals surface area contributed by atoms with Gasteiger partial charge in [-0.15, -0.1) is 24.0 Å². The molecule has 0 atom stereocenters. The van der Waals surface area contributed by atoms with Crippen molar-refractivity contribution in [3.05, 3.63) is 46.8 Å². The van der Waals surface area contributed by atoms with Crippen LogP contribution < -0.4 is 14.9 Å². The Bertz CT molecular complexity index is 1000. The van der Waals surface area contributed by atoms with Gasteiger partial charge in [0.1, 0.15) is 0 Å². The molecule has 0 unspecified atom stereocenters. The number of sulfonamides is 1. The summed E-state index contributed by atoms with van der Waals surface area (Å²) in [6.07, 6.45) is 0.761. The van der Waals surface area contributed by atoms with Gasteiger partial charge in [0.2, 0.25) is 10.0 Å². The van der Waals surface area contributed by atoms with Gasteiger partial charge in [-0.1, -0.05) is 18.2 Å². The van der Waals surface area contributed by atoms with Gasteiger partial charge in [0, 0.05) is 37.9 Å². The van der Waals surface area contributed by atoms with Crippen molar-refractivity contribution in [3.63, 3.8) is 0 Å². The summed E-state index contributed by atoms with van der Waals surface area (Å²) in [5.41, 5.74) is 5.01. The molecule has 0 saturated carbocycles. The van der Waals surface area contributed by atoms with Crippen molar-refractivity contribution in [2.45, 2.75) is 33.7 Å². The molecule has 1 aromatic heterocycles. The van der Waals surface area contributed by atoms with E-state index in [0.717, 1.165) is 34.6 Å². The van der Waals surface area contributed by atoms with E-state index in [-0.39, 0.29) is 36.3 Å². The summed E-state index contributed by atoms with van der Waals surface area (Å²) in [6, 6.07) is 7.68. The van der Waals surface area contributed by atoms with Crippen LogP contribution >= 0.6 is 24.0 Å². The number of hydrogen-bond acceptors (Lipinski definition) is 4. The number of hydrogen-bond donors (Lipinski definition) is 2. The first-order valence-corrected chi connectivity index (χ1v) is 11.5. The Kier molecular flexibility index (Phi) is 8.53. The fourth-order valence-corrected chi connectivity index (χ4v) is 4.98. The van der Waals surface area contributed by atoms with Gasteiger partial charge in [-0.3, -0.25) is 8.99 Å². The zero-order chi connectivity index (χ0) is 21.0. The van der Waals surface area contributed by atoms with E-state index in [2.05, 4.69) is 20.7 Å². The van der Waals surface area contributed by atoms with Gasteiger partial charge in [0.15, 0.2) is 5.96 Å². The fraction of sp³-hybridized carbons (Fsp3) is 0.500. The molecule has 1 aliphatic heterocycles. The number of nitrogens with zero attached hydrogens (tertiary/aromatic N) is 4. The first kappa shape index (κ1) is 24.4. The third-order valence-electron chi connectivity index (χ3n) is 5.23. The topological polar surface area (TPSA) is 91.6 Å². The molecule has 2 aromatic rings. The molecule has 2 heterocycles. The Labute approximate surface area is 196 Å². The van der Waals surface area contributed by atoms with Crippen molar-refractivity contribution in [1.29, 1.82) is 0 Å². The number of halogens is 1. The number of fused-ring (bicyclic) bond motifs is 1. The summed E-state index contributed by atoms with van der Waals surface area (Å²) in [5.74, 6) is 0.614. The van der Waals surface area contributed by atoms with Crippen LogP contribution in [0.15, 0.2) is 29.3 Å². The maximum Gasteiger partial charge on any atom is 0.236 e. The lowest BCUT2D eigenvalue weighted by Gasteiger charge is -2.20. The minimum absolute atomic E-state index is 0. The van der Waals surface area contributed by atoms with Crippen LogP contribution in [0.4, 0.5) is 5.69 Å². The molecular formula is C20H31IN6O2S. The van der Waals surface area contributed by atoms with E-state index in [4.69, 9.17) is 0 Å². The number of aryl methyl sites for hydroxylation is 2. The maximum atomic E-state index is 12.8. The summed E-state index contributed by atoms with van der Waals surface area (Å²) in [5, 5.41) is 10.7. The Hall–Kier alpha value is -1.82. The number of aromatic nitrogens is 2. The Morgan fingerprint density at radius 2 is 1.97 bits per heavy atom. The molecule has 0 radical (unpaired) electrons. The second kappa shape index (κ2) is 10.5. The van der Waals surface area contributed by atoms with Gasteiger partial charge in [0.25, 0.3) is 0 Å². The van der Waals surface area contributed by atoms with Crippen LogP contribution in [0, 0.1) is 13.8 Å². The second-order valence-corrected chi connectivity index (χ2v) is 9.17. The van der Waals surface area contributed by atoms with Gasteiger partial charge in [-0.2, -0.15) is 5.10 Å². The predicted octanol–water partition coefficient (Wildman–Crippen LogP) is 2.10. The van der Waals surface area contributed by atoms with E-state index in [1.165, 1.54) is 4.31 Å². The molecule has 0 spiro atoms. The van der Waals surface area contributed by atoms with Crippen LogP contribution in [-0.4, -0.2) is 49.5 Å². The van der Waals surface area contributed by atoms with Crippen molar-refractivity contribution in [2.24, 2.45) is 12.0 Å². The van der Waals surface area contributed by atoms with Crippen LogP contribution in [0.2, 0.25) is 0 Å². The molecule has 0 fully saturated rings. The normalized spacial score (nSPS) is 13.7. The molecule has 8 nitrogen and oxygen atoms in total.